The Balaban J connectivity index is 0.00000200. The third-order valence-corrected chi connectivity index (χ3v) is 3.45. The number of likely N-dealkylation sites (N-methyl/N-ethyl adjacent to an activating group) is 1. The van der Waals surface area contributed by atoms with Crippen molar-refractivity contribution in [2.45, 2.75) is 19.0 Å². The molecule has 4 nitrogen and oxygen atoms in total. The van der Waals surface area contributed by atoms with E-state index < -0.39 is 0 Å². The molecule has 112 valence electrons. The van der Waals surface area contributed by atoms with Gasteiger partial charge in [0, 0.05) is 25.7 Å². The van der Waals surface area contributed by atoms with Crippen LogP contribution in [0.5, 0.6) is 0 Å². The second kappa shape index (κ2) is 8.19. The summed E-state index contributed by atoms with van der Waals surface area (Å²) in [6, 6.07) is 6.66. The zero-order chi connectivity index (χ0) is 13.7. The number of carbonyl (C=O) groups excluding carboxylic acids is 1. The number of nitrogens with zero attached hydrogens (tertiary/aromatic N) is 1. The summed E-state index contributed by atoms with van der Waals surface area (Å²) in [7, 11) is 1.95. The number of carbonyl (C=O) groups is 1. The van der Waals surface area contributed by atoms with E-state index in [1.807, 2.05) is 7.05 Å². The molecular formula is C14H21ClFN3O. The SMILES string of the molecule is CNC1CCN(CC(=O)NCc2ccc(F)cc2)C1.Cl. The van der Waals surface area contributed by atoms with Crippen LogP contribution in [0.15, 0.2) is 24.3 Å². The first-order chi connectivity index (χ1) is 9.17. The minimum Gasteiger partial charge on any atom is -0.351 e. The van der Waals surface area contributed by atoms with Gasteiger partial charge in [0.05, 0.1) is 6.54 Å². The molecule has 1 fully saturated rings. The van der Waals surface area contributed by atoms with Crippen LogP contribution in [-0.4, -0.2) is 43.5 Å². The van der Waals surface area contributed by atoms with Gasteiger partial charge >= 0.3 is 0 Å². The van der Waals surface area contributed by atoms with Gasteiger partial charge in [0.15, 0.2) is 0 Å². The Morgan fingerprint density at radius 1 is 1.40 bits per heavy atom. The van der Waals surface area contributed by atoms with Gasteiger partial charge in [-0.1, -0.05) is 12.1 Å². The molecule has 1 aromatic rings. The van der Waals surface area contributed by atoms with Gasteiger partial charge < -0.3 is 10.6 Å². The predicted octanol–water partition coefficient (Wildman–Crippen LogP) is 1.16. The molecule has 0 aromatic heterocycles. The third kappa shape index (κ3) is 5.07. The van der Waals surface area contributed by atoms with Crippen LogP contribution in [0.4, 0.5) is 4.39 Å². The van der Waals surface area contributed by atoms with Crippen LogP contribution < -0.4 is 10.6 Å². The van der Waals surface area contributed by atoms with E-state index in [2.05, 4.69) is 15.5 Å². The minimum absolute atomic E-state index is 0. The lowest BCUT2D eigenvalue weighted by molar-refractivity contribution is -0.122. The van der Waals surface area contributed by atoms with Crippen LogP contribution in [0.25, 0.3) is 0 Å². The van der Waals surface area contributed by atoms with Crippen molar-refractivity contribution in [3.63, 3.8) is 0 Å². The number of hydrogen-bond acceptors (Lipinski definition) is 3. The Labute approximate surface area is 125 Å². The van der Waals surface area contributed by atoms with Crippen molar-refractivity contribution >= 4 is 18.3 Å². The quantitative estimate of drug-likeness (QED) is 0.858. The van der Waals surface area contributed by atoms with E-state index in [-0.39, 0.29) is 24.1 Å². The first-order valence-corrected chi connectivity index (χ1v) is 6.58. The fourth-order valence-electron chi connectivity index (χ4n) is 2.27. The van der Waals surface area contributed by atoms with Crippen molar-refractivity contribution < 1.29 is 9.18 Å². The number of benzene rings is 1. The Hall–Kier alpha value is -1.17. The number of hydrogen-bond donors (Lipinski definition) is 2. The molecule has 6 heteroatoms. The van der Waals surface area contributed by atoms with Crippen LogP contribution >= 0.6 is 12.4 Å². The summed E-state index contributed by atoms with van der Waals surface area (Å²) in [6.07, 6.45) is 1.09. The van der Waals surface area contributed by atoms with Crippen LogP contribution in [0, 0.1) is 5.82 Å². The smallest absolute Gasteiger partial charge is 0.234 e. The van der Waals surface area contributed by atoms with Crippen LogP contribution in [0.3, 0.4) is 0 Å². The summed E-state index contributed by atoms with van der Waals surface area (Å²) in [5.74, 6) is -0.244. The van der Waals surface area contributed by atoms with Gasteiger partial charge in [0.1, 0.15) is 5.82 Å². The molecule has 2 rings (SSSR count). The maximum absolute atomic E-state index is 12.7. The molecule has 1 unspecified atom stereocenters. The maximum Gasteiger partial charge on any atom is 0.234 e. The predicted molar refractivity (Wildman–Crippen MR) is 79.4 cm³/mol. The number of rotatable bonds is 5. The normalized spacial score (nSPS) is 18.6. The molecule has 0 spiro atoms. The highest BCUT2D eigenvalue weighted by Gasteiger charge is 2.22. The molecule has 1 saturated heterocycles. The Bertz CT molecular complexity index is 427. The highest BCUT2D eigenvalue weighted by Crippen LogP contribution is 2.07. The first-order valence-electron chi connectivity index (χ1n) is 6.58. The molecule has 0 aliphatic carbocycles. The van der Waals surface area contributed by atoms with Gasteiger partial charge in [0.25, 0.3) is 0 Å². The van der Waals surface area contributed by atoms with Gasteiger partial charge in [-0.25, -0.2) is 4.39 Å². The largest absolute Gasteiger partial charge is 0.351 e. The zero-order valence-electron chi connectivity index (χ0n) is 11.6. The molecule has 1 aliphatic rings. The van der Waals surface area contributed by atoms with Crippen LogP contribution in [0.1, 0.15) is 12.0 Å². The van der Waals surface area contributed by atoms with Crippen LogP contribution in [0.2, 0.25) is 0 Å². The standard InChI is InChI=1S/C14H20FN3O.ClH/c1-16-13-6-7-18(9-13)10-14(19)17-8-11-2-4-12(15)5-3-11;/h2-5,13,16H,6-10H2,1H3,(H,17,19);1H. The monoisotopic (exact) mass is 301 g/mol. The summed E-state index contributed by atoms with van der Waals surface area (Å²) in [6.45, 7) is 2.75. The summed E-state index contributed by atoms with van der Waals surface area (Å²) >= 11 is 0. The molecule has 1 aliphatic heterocycles. The highest BCUT2D eigenvalue weighted by molar-refractivity contribution is 5.85. The van der Waals surface area contributed by atoms with E-state index in [0.717, 1.165) is 25.1 Å². The fourth-order valence-corrected chi connectivity index (χ4v) is 2.27. The number of likely N-dealkylation sites (tertiary alicyclic amines) is 1. The molecule has 1 atom stereocenters. The summed E-state index contributed by atoms with van der Waals surface area (Å²) in [5.41, 5.74) is 0.907. The van der Waals surface area contributed by atoms with E-state index in [9.17, 15) is 9.18 Å². The van der Waals surface area contributed by atoms with E-state index >= 15 is 0 Å². The highest BCUT2D eigenvalue weighted by atomic mass is 35.5. The Morgan fingerprint density at radius 2 is 2.10 bits per heavy atom. The first kappa shape index (κ1) is 16.9. The van der Waals surface area contributed by atoms with Crippen molar-refractivity contribution in [2.24, 2.45) is 0 Å². The molecule has 1 heterocycles. The van der Waals surface area contributed by atoms with Crippen LogP contribution in [-0.2, 0) is 11.3 Å². The van der Waals surface area contributed by atoms with Crippen molar-refractivity contribution in [3.05, 3.63) is 35.6 Å². The third-order valence-electron chi connectivity index (χ3n) is 3.45. The van der Waals surface area contributed by atoms with E-state index in [1.54, 1.807) is 12.1 Å². The van der Waals surface area contributed by atoms with Crippen molar-refractivity contribution in [3.8, 4) is 0 Å². The average Bonchev–Trinajstić information content (AvgIpc) is 2.86. The lowest BCUT2D eigenvalue weighted by atomic mass is 10.2. The Kier molecular flexibility index (Phi) is 6.91. The van der Waals surface area contributed by atoms with Gasteiger partial charge in [-0.15, -0.1) is 12.4 Å². The Morgan fingerprint density at radius 3 is 2.70 bits per heavy atom. The molecule has 0 bridgehead atoms. The molecular weight excluding hydrogens is 281 g/mol. The molecule has 2 N–H and O–H groups in total. The molecule has 1 aromatic carbocycles. The summed E-state index contributed by atoms with van der Waals surface area (Å²) in [5, 5.41) is 6.08. The molecule has 0 saturated carbocycles. The van der Waals surface area contributed by atoms with Gasteiger partial charge in [0.2, 0.25) is 5.91 Å². The number of halogens is 2. The number of nitrogens with one attached hydrogen (secondary N) is 2. The molecule has 0 radical (unpaired) electrons. The lowest BCUT2D eigenvalue weighted by Crippen LogP contribution is -2.37. The fraction of sp³-hybridized carbons (Fsp3) is 0.500. The lowest BCUT2D eigenvalue weighted by Gasteiger charge is -2.15. The number of amides is 1. The van der Waals surface area contributed by atoms with Gasteiger partial charge in [-0.3, -0.25) is 9.69 Å². The second-order valence-corrected chi connectivity index (χ2v) is 4.91. The van der Waals surface area contributed by atoms with Crippen molar-refractivity contribution in [1.82, 2.24) is 15.5 Å². The van der Waals surface area contributed by atoms with Gasteiger partial charge in [-0.05, 0) is 31.2 Å². The zero-order valence-corrected chi connectivity index (χ0v) is 12.4. The minimum atomic E-state index is -0.259. The maximum atomic E-state index is 12.7. The van der Waals surface area contributed by atoms with E-state index in [4.69, 9.17) is 0 Å². The average molecular weight is 302 g/mol. The molecule has 20 heavy (non-hydrogen) atoms. The van der Waals surface area contributed by atoms with Gasteiger partial charge in [-0.2, -0.15) is 0 Å². The molecule has 1 amide bonds. The summed E-state index contributed by atoms with van der Waals surface area (Å²) < 4.78 is 12.7. The van der Waals surface area contributed by atoms with Crippen molar-refractivity contribution in [2.75, 3.05) is 26.7 Å². The van der Waals surface area contributed by atoms with E-state index in [1.165, 1.54) is 12.1 Å². The topological polar surface area (TPSA) is 44.4 Å². The van der Waals surface area contributed by atoms with E-state index in [0.29, 0.717) is 19.1 Å². The van der Waals surface area contributed by atoms with Crippen molar-refractivity contribution in [1.29, 1.82) is 0 Å². The summed E-state index contributed by atoms with van der Waals surface area (Å²) in [4.78, 5) is 13.9. The second-order valence-electron chi connectivity index (χ2n) is 4.91.